The first-order valence-corrected chi connectivity index (χ1v) is 12.5. The molecule has 0 amide bonds. The molecule has 4 aromatic rings. The lowest BCUT2D eigenvalue weighted by molar-refractivity contribution is -0.128. The number of nitrogen functional groups attached to an aromatic ring is 1. The third-order valence-electron chi connectivity index (χ3n) is 6.39. The Morgan fingerprint density at radius 3 is 2.56 bits per heavy atom. The molecular weight excluding hydrogens is 494 g/mol. The quantitative estimate of drug-likeness (QED) is 0.170. The highest BCUT2D eigenvalue weighted by molar-refractivity contribution is 5.83. The summed E-state index contributed by atoms with van der Waals surface area (Å²) in [5.41, 5.74) is 10.6. The molecule has 0 spiro atoms. The molecule has 5 rings (SSSR count). The summed E-state index contributed by atoms with van der Waals surface area (Å²) in [4.78, 5) is 18.0. The number of carbonyl (C=O) groups excluding carboxylic acids is 1. The zero-order valence-corrected chi connectivity index (χ0v) is 21.6. The summed E-state index contributed by atoms with van der Waals surface area (Å²) in [6, 6.07) is 22.8. The van der Waals surface area contributed by atoms with E-state index in [4.69, 9.17) is 24.7 Å². The van der Waals surface area contributed by atoms with Gasteiger partial charge >= 0.3 is 5.97 Å². The summed E-state index contributed by atoms with van der Waals surface area (Å²) < 4.78 is 22.4. The van der Waals surface area contributed by atoms with E-state index < -0.39 is 5.97 Å². The first-order valence-electron chi connectivity index (χ1n) is 12.5. The number of hydrogen-bond acceptors (Lipinski definition) is 8. The molecule has 0 radical (unpaired) electrons. The second-order valence-corrected chi connectivity index (χ2v) is 9.02. The van der Waals surface area contributed by atoms with Crippen LogP contribution in [0.2, 0.25) is 0 Å². The fourth-order valence-electron chi connectivity index (χ4n) is 4.36. The molecule has 0 aliphatic carbocycles. The van der Waals surface area contributed by atoms with Gasteiger partial charge in [-0.15, -0.1) is 0 Å². The van der Waals surface area contributed by atoms with E-state index in [0.717, 1.165) is 41.8 Å². The van der Waals surface area contributed by atoms with Gasteiger partial charge in [-0.05, 0) is 59.5 Å². The Hall–Kier alpha value is -4.98. The number of carbonyl (C=O) groups is 1. The summed E-state index contributed by atoms with van der Waals surface area (Å²) in [6.07, 6.45) is 3.53. The van der Waals surface area contributed by atoms with Crippen LogP contribution >= 0.6 is 0 Å². The van der Waals surface area contributed by atoms with Crippen LogP contribution in [0.1, 0.15) is 16.7 Å². The molecule has 0 saturated carbocycles. The third kappa shape index (κ3) is 6.30. The predicted molar refractivity (Wildman–Crippen MR) is 150 cm³/mol. The van der Waals surface area contributed by atoms with Gasteiger partial charge in [-0.1, -0.05) is 30.8 Å². The molecule has 0 bridgehead atoms. The number of benzene rings is 3. The van der Waals surface area contributed by atoms with Crippen LogP contribution in [0, 0.1) is 0 Å². The van der Waals surface area contributed by atoms with Crippen LogP contribution in [-0.2, 0) is 24.4 Å². The van der Waals surface area contributed by atoms with Gasteiger partial charge in [-0.2, -0.15) is 0 Å². The van der Waals surface area contributed by atoms with E-state index in [2.05, 4.69) is 28.6 Å². The van der Waals surface area contributed by atoms with Crippen molar-refractivity contribution in [1.82, 2.24) is 4.98 Å². The van der Waals surface area contributed by atoms with E-state index in [1.54, 1.807) is 37.6 Å². The SMILES string of the molecule is C=CC(=O)Oc1cccc(Oc2cnc(N)c(N3CCc4cc(OCc5ccc(OC)cc5)ccc4C3)c2)c1. The van der Waals surface area contributed by atoms with E-state index in [-0.39, 0.29) is 0 Å². The molecular formula is C31H29N3O5. The molecule has 198 valence electrons. The van der Waals surface area contributed by atoms with E-state index in [0.29, 0.717) is 36.2 Å². The molecule has 0 atom stereocenters. The van der Waals surface area contributed by atoms with Gasteiger partial charge < -0.3 is 29.6 Å². The lowest BCUT2D eigenvalue weighted by Crippen LogP contribution is -2.31. The Bertz CT molecular complexity index is 1490. The van der Waals surface area contributed by atoms with Crippen LogP contribution in [0.4, 0.5) is 11.5 Å². The van der Waals surface area contributed by atoms with Crippen LogP contribution in [0.25, 0.3) is 0 Å². The topological polar surface area (TPSA) is 96.1 Å². The molecule has 1 aliphatic rings. The fraction of sp³-hybridized carbons (Fsp3) is 0.161. The molecule has 2 heterocycles. The lowest BCUT2D eigenvalue weighted by Gasteiger charge is -2.31. The Morgan fingerprint density at radius 1 is 0.974 bits per heavy atom. The second-order valence-electron chi connectivity index (χ2n) is 9.02. The van der Waals surface area contributed by atoms with Crippen molar-refractivity contribution < 1.29 is 23.7 Å². The molecule has 3 aromatic carbocycles. The molecule has 8 heteroatoms. The number of methoxy groups -OCH3 is 1. The van der Waals surface area contributed by atoms with E-state index in [9.17, 15) is 4.79 Å². The average Bonchev–Trinajstić information content (AvgIpc) is 2.97. The van der Waals surface area contributed by atoms with Gasteiger partial charge in [0.2, 0.25) is 0 Å². The Balaban J connectivity index is 1.25. The summed E-state index contributed by atoms with van der Waals surface area (Å²) in [6.45, 7) is 5.37. The zero-order valence-electron chi connectivity index (χ0n) is 21.6. The number of rotatable bonds is 9. The van der Waals surface area contributed by atoms with Crippen molar-refractivity contribution in [3.8, 4) is 28.7 Å². The maximum absolute atomic E-state index is 11.5. The number of aromatic nitrogens is 1. The van der Waals surface area contributed by atoms with E-state index >= 15 is 0 Å². The van der Waals surface area contributed by atoms with Gasteiger partial charge in [-0.3, -0.25) is 0 Å². The molecule has 39 heavy (non-hydrogen) atoms. The summed E-state index contributed by atoms with van der Waals surface area (Å²) >= 11 is 0. The lowest BCUT2D eigenvalue weighted by atomic mass is 9.99. The molecule has 1 aromatic heterocycles. The monoisotopic (exact) mass is 523 g/mol. The smallest absolute Gasteiger partial charge is 0.335 e. The Morgan fingerprint density at radius 2 is 1.77 bits per heavy atom. The fourth-order valence-corrected chi connectivity index (χ4v) is 4.36. The van der Waals surface area contributed by atoms with Gasteiger partial charge in [0, 0.05) is 31.3 Å². The van der Waals surface area contributed by atoms with Gasteiger partial charge in [0.15, 0.2) is 0 Å². The number of anilines is 2. The first kappa shape index (κ1) is 25.7. The van der Waals surface area contributed by atoms with Crippen LogP contribution < -0.4 is 29.6 Å². The van der Waals surface area contributed by atoms with Crippen molar-refractivity contribution in [3.63, 3.8) is 0 Å². The van der Waals surface area contributed by atoms with Crippen LogP contribution in [0.3, 0.4) is 0 Å². The van der Waals surface area contributed by atoms with Crippen molar-refractivity contribution in [2.75, 3.05) is 24.3 Å². The normalized spacial score (nSPS) is 12.3. The molecule has 8 nitrogen and oxygen atoms in total. The largest absolute Gasteiger partial charge is 0.497 e. The van der Waals surface area contributed by atoms with Crippen LogP contribution in [0.5, 0.6) is 28.7 Å². The molecule has 0 unspecified atom stereocenters. The molecule has 2 N–H and O–H groups in total. The van der Waals surface area contributed by atoms with Gasteiger partial charge in [0.05, 0.1) is 19.0 Å². The predicted octanol–water partition coefficient (Wildman–Crippen LogP) is 5.70. The molecule has 0 saturated heterocycles. The Labute approximate surface area is 227 Å². The molecule has 0 fully saturated rings. The minimum absolute atomic E-state index is 0.362. The number of ether oxygens (including phenoxy) is 4. The van der Waals surface area contributed by atoms with Crippen molar-refractivity contribution in [2.45, 2.75) is 19.6 Å². The van der Waals surface area contributed by atoms with Crippen molar-refractivity contribution in [3.05, 3.63) is 108 Å². The minimum atomic E-state index is -0.537. The third-order valence-corrected chi connectivity index (χ3v) is 6.39. The number of hydrogen-bond donors (Lipinski definition) is 1. The number of pyridine rings is 1. The number of fused-ring (bicyclic) bond motifs is 1. The maximum atomic E-state index is 11.5. The van der Waals surface area contributed by atoms with Gasteiger partial charge in [0.25, 0.3) is 0 Å². The number of nitrogens with two attached hydrogens (primary N) is 1. The minimum Gasteiger partial charge on any atom is -0.497 e. The van der Waals surface area contributed by atoms with Crippen molar-refractivity contribution in [2.24, 2.45) is 0 Å². The average molecular weight is 524 g/mol. The summed E-state index contributed by atoms with van der Waals surface area (Å²) in [5.74, 6) is 2.96. The van der Waals surface area contributed by atoms with Crippen LogP contribution in [-0.4, -0.2) is 24.6 Å². The van der Waals surface area contributed by atoms with Crippen molar-refractivity contribution in [1.29, 1.82) is 0 Å². The second kappa shape index (κ2) is 11.6. The van der Waals surface area contributed by atoms with Gasteiger partial charge in [-0.25, -0.2) is 9.78 Å². The molecule has 1 aliphatic heterocycles. The van der Waals surface area contributed by atoms with Gasteiger partial charge in [0.1, 0.15) is 41.2 Å². The summed E-state index contributed by atoms with van der Waals surface area (Å²) in [5, 5.41) is 0. The number of nitrogens with zero attached hydrogens (tertiary/aromatic N) is 2. The Kier molecular flexibility index (Phi) is 7.63. The summed E-state index contributed by atoms with van der Waals surface area (Å²) in [7, 11) is 1.65. The highest BCUT2D eigenvalue weighted by atomic mass is 16.5. The maximum Gasteiger partial charge on any atom is 0.335 e. The van der Waals surface area contributed by atoms with Crippen LogP contribution in [0.15, 0.2) is 91.6 Å². The standard InChI is InChI=1S/C31H29N3O5/c1-3-30(35)39-27-6-4-5-26(16-27)38-28-17-29(31(32)33-18-28)34-14-13-22-15-25(12-9-23(22)19-34)37-20-21-7-10-24(36-2)11-8-21/h3-12,15-18H,1,13-14,19-20H2,2H3,(H2,32,33). The highest BCUT2D eigenvalue weighted by Crippen LogP contribution is 2.34. The first-order chi connectivity index (χ1) is 19.0. The number of esters is 1. The van der Waals surface area contributed by atoms with E-state index in [1.807, 2.05) is 36.4 Å². The van der Waals surface area contributed by atoms with Crippen molar-refractivity contribution >= 4 is 17.5 Å². The zero-order chi connectivity index (χ0) is 27.2. The highest BCUT2D eigenvalue weighted by Gasteiger charge is 2.20. The van der Waals surface area contributed by atoms with E-state index in [1.165, 1.54) is 11.1 Å².